The quantitative estimate of drug-likeness (QED) is 0.715. The minimum atomic E-state index is 0.568. The van der Waals surface area contributed by atoms with E-state index in [1.165, 1.54) is 11.3 Å². The molecule has 2 heteroatoms. The molecule has 94 valence electrons. The molecule has 0 fully saturated rings. The zero-order valence-corrected chi connectivity index (χ0v) is 11.5. The van der Waals surface area contributed by atoms with E-state index in [0.29, 0.717) is 5.92 Å². The molecule has 18 heavy (non-hydrogen) atoms. The third-order valence-corrected chi connectivity index (χ3v) is 3.32. The summed E-state index contributed by atoms with van der Waals surface area (Å²) >= 11 is 0. The van der Waals surface area contributed by atoms with Crippen molar-refractivity contribution in [2.45, 2.75) is 26.7 Å². The lowest BCUT2D eigenvalue weighted by atomic mass is 10.0. The lowest BCUT2D eigenvalue weighted by molar-refractivity contribution is 0.866. The first-order valence-corrected chi connectivity index (χ1v) is 6.34. The monoisotopic (exact) mass is 240 g/mol. The van der Waals surface area contributed by atoms with Crippen molar-refractivity contribution in [2.24, 2.45) is 12.0 Å². The van der Waals surface area contributed by atoms with Crippen LogP contribution in [0.5, 0.6) is 0 Å². The highest BCUT2D eigenvalue weighted by Crippen LogP contribution is 2.19. The van der Waals surface area contributed by atoms with Crippen LogP contribution in [0.1, 0.15) is 36.7 Å². The van der Waals surface area contributed by atoms with Gasteiger partial charge in [-0.15, -0.1) is 0 Å². The second kappa shape index (κ2) is 5.21. The maximum atomic E-state index is 4.51. The average Bonchev–Trinajstić information content (AvgIpc) is 2.68. The van der Waals surface area contributed by atoms with Crippen molar-refractivity contribution in [3.8, 4) is 0 Å². The van der Waals surface area contributed by atoms with Gasteiger partial charge in [-0.1, -0.05) is 26.0 Å². The number of aromatic nitrogens is 1. The Hall–Kier alpha value is -1.83. The van der Waals surface area contributed by atoms with Gasteiger partial charge in [0.2, 0.25) is 0 Å². The third-order valence-electron chi connectivity index (χ3n) is 3.32. The largest absolute Gasteiger partial charge is 0.347 e. The van der Waals surface area contributed by atoms with Gasteiger partial charge in [0.1, 0.15) is 0 Å². The first-order valence-electron chi connectivity index (χ1n) is 6.34. The number of nitrogens with zero attached hydrogens (tertiary/aromatic N) is 2. The second-order valence-corrected chi connectivity index (χ2v) is 4.96. The maximum Gasteiger partial charge on any atom is 0.0630 e. The van der Waals surface area contributed by atoms with Crippen LogP contribution in [-0.4, -0.2) is 10.8 Å². The van der Waals surface area contributed by atoms with Crippen molar-refractivity contribution in [1.82, 2.24) is 4.57 Å². The first kappa shape index (κ1) is 12.6. The van der Waals surface area contributed by atoms with Crippen molar-refractivity contribution >= 4 is 11.9 Å². The summed E-state index contributed by atoms with van der Waals surface area (Å²) in [5, 5.41) is 0. The molecule has 2 aromatic rings. The van der Waals surface area contributed by atoms with Gasteiger partial charge in [-0.25, -0.2) is 0 Å². The molecule has 0 saturated carbocycles. The molecule has 2 rings (SSSR count). The molecular weight excluding hydrogens is 220 g/mol. The van der Waals surface area contributed by atoms with Gasteiger partial charge < -0.3 is 4.57 Å². The Morgan fingerprint density at radius 1 is 1.06 bits per heavy atom. The Morgan fingerprint density at radius 3 is 2.22 bits per heavy atom. The summed E-state index contributed by atoms with van der Waals surface area (Å²) in [5.74, 6) is 0.568. The number of aryl methyl sites for hydroxylation is 1. The lowest BCUT2D eigenvalue weighted by Crippen LogP contribution is -1.96. The van der Waals surface area contributed by atoms with Crippen molar-refractivity contribution in [1.29, 1.82) is 0 Å². The Balaban J connectivity index is 2.16. The van der Waals surface area contributed by atoms with Crippen LogP contribution in [0.25, 0.3) is 0 Å². The Kier molecular flexibility index (Phi) is 3.66. The summed E-state index contributed by atoms with van der Waals surface area (Å²) in [6.45, 7) is 6.49. The summed E-state index contributed by atoms with van der Waals surface area (Å²) in [5.41, 5.74) is 4.72. The molecule has 0 N–H and O–H groups in total. The smallest absolute Gasteiger partial charge is 0.0630 e. The van der Waals surface area contributed by atoms with E-state index in [4.69, 9.17) is 0 Å². The zero-order chi connectivity index (χ0) is 13.1. The molecule has 0 aliphatic carbocycles. The van der Waals surface area contributed by atoms with E-state index in [1.807, 2.05) is 6.21 Å². The normalized spacial score (nSPS) is 11.6. The molecule has 1 aromatic heterocycles. The number of benzene rings is 1. The SMILES string of the molecule is Cc1ccc(C=Nc2ccc(C(C)C)cc2)n1C. The minimum absolute atomic E-state index is 0.568. The molecule has 0 bridgehead atoms. The molecule has 0 spiro atoms. The number of aliphatic imine (C=N–C) groups is 1. The van der Waals surface area contributed by atoms with Gasteiger partial charge in [-0.05, 0) is 42.7 Å². The maximum absolute atomic E-state index is 4.51. The van der Waals surface area contributed by atoms with Crippen LogP contribution in [0.3, 0.4) is 0 Å². The molecule has 0 aliphatic heterocycles. The summed E-state index contributed by atoms with van der Waals surface area (Å²) in [6.07, 6.45) is 1.91. The van der Waals surface area contributed by atoms with Crippen LogP contribution in [0.2, 0.25) is 0 Å². The molecule has 0 saturated heterocycles. The van der Waals surface area contributed by atoms with Gasteiger partial charge >= 0.3 is 0 Å². The number of rotatable bonds is 3. The van der Waals surface area contributed by atoms with Gasteiger partial charge in [0.25, 0.3) is 0 Å². The van der Waals surface area contributed by atoms with Crippen LogP contribution in [-0.2, 0) is 7.05 Å². The van der Waals surface area contributed by atoms with Gasteiger partial charge in [0.05, 0.1) is 17.6 Å². The van der Waals surface area contributed by atoms with E-state index in [9.17, 15) is 0 Å². The predicted octanol–water partition coefficient (Wildman–Crippen LogP) is 4.21. The van der Waals surface area contributed by atoms with Crippen molar-refractivity contribution in [2.75, 3.05) is 0 Å². The van der Waals surface area contributed by atoms with Gasteiger partial charge in [-0.3, -0.25) is 4.99 Å². The Bertz CT molecular complexity index is 545. The highest BCUT2D eigenvalue weighted by atomic mass is 15.0. The van der Waals surface area contributed by atoms with Gasteiger partial charge in [-0.2, -0.15) is 0 Å². The van der Waals surface area contributed by atoms with E-state index < -0.39 is 0 Å². The van der Waals surface area contributed by atoms with Crippen LogP contribution in [0, 0.1) is 6.92 Å². The third kappa shape index (κ3) is 2.70. The lowest BCUT2D eigenvalue weighted by Gasteiger charge is -2.04. The van der Waals surface area contributed by atoms with Crippen molar-refractivity contribution in [3.63, 3.8) is 0 Å². The number of hydrogen-bond acceptors (Lipinski definition) is 1. The second-order valence-electron chi connectivity index (χ2n) is 4.96. The van der Waals surface area contributed by atoms with Crippen LogP contribution in [0.15, 0.2) is 41.4 Å². The molecular formula is C16H20N2. The fourth-order valence-electron chi connectivity index (χ4n) is 1.85. The first-order chi connectivity index (χ1) is 8.58. The molecule has 0 atom stereocenters. The standard InChI is InChI=1S/C16H20N2/c1-12(2)14-6-8-15(9-7-14)17-11-16-10-5-13(3)18(16)4/h5-12H,1-4H3. The van der Waals surface area contributed by atoms with E-state index >= 15 is 0 Å². The summed E-state index contributed by atoms with van der Waals surface area (Å²) in [4.78, 5) is 4.51. The number of hydrogen-bond donors (Lipinski definition) is 0. The Labute approximate surface area is 109 Å². The molecule has 2 nitrogen and oxygen atoms in total. The van der Waals surface area contributed by atoms with Gasteiger partial charge in [0, 0.05) is 12.7 Å². The van der Waals surface area contributed by atoms with E-state index in [1.54, 1.807) is 0 Å². The van der Waals surface area contributed by atoms with Crippen molar-refractivity contribution < 1.29 is 0 Å². The molecule has 1 heterocycles. The van der Waals surface area contributed by atoms with Crippen LogP contribution >= 0.6 is 0 Å². The topological polar surface area (TPSA) is 17.3 Å². The van der Waals surface area contributed by atoms with Gasteiger partial charge in [0.15, 0.2) is 0 Å². The zero-order valence-electron chi connectivity index (χ0n) is 11.5. The molecule has 0 unspecified atom stereocenters. The summed E-state index contributed by atoms with van der Waals surface area (Å²) < 4.78 is 2.13. The van der Waals surface area contributed by atoms with E-state index in [2.05, 4.69) is 73.8 Å². The van der Waals surface area contributed by atoms with Crippen molar-refractivity contribution in [3.05, 3.63) is 53.3 Å². The van der Waals surface area contributed by atoms with E-state index in [0.717, 1.165) is 11.4 Å². The fourth-order valence-corrected chi connectivity index (χ4v) is 1.85. The van der Waals surface area contributed by atoms with Crippen LogP contribution < -0.4 is 0 Å². The van der Waals surface area contributed by atoms with E-state index in [-0.39, 0.29) is 0 Å². The summed E-state index contributed by atoms with van der Waals surface area (Å²) in [7, 11) is 2.05. The average molecular weight is 240 g/mol. The molecule has 0 amide bonds. The van der Waals surface area contributed by atoms with Crippen LogP contribution in [0.4, 0.5) is 5.69 Å². The minimum Gasteiger partial charge on any atom is -0.347 e. The predicted molar refractivity (Wildman–Crippen MR) is 77.9 cm³/mol. The highest BCUT2D eigenvalue weighted by Gasteiger charge is 1.99. The molecule has 0 radical (unpaired) electrons. The fraction of sp³-hybridized carbons (Fsp3) is 0.312. The Morgan fingerprint density at radius 2 is 1.72 bits per heavy atom. The molecule has 1 aromatic carbocycles. The molecule has 0 aliphatic rings. The summed E-state index contributed by atoms with van der Waals surface area (Å²) in [6, 6.07) is 12.6. The highest BCUT2D eigenvalue weighted by molar-refractivity contribution is 5.80.